The van der Waals surface area contributed by atoms with Crippen molar-refractivity contribution in [3.63, 3.8) is 0 Å². The Kier molecular flexibility index (Phi) is 3.41. The van der Waals surface area contributed by atoms with Crippen molar-refractivity contribution < 1.29 is 14.6 Å². The molecule has 94 valence electrons. The summed E-state index contributed by atoms with van der Waals surface area (Å²) in [6, 6.07) is 7.65. The summed E-state index contributed by atoms with van der Waals surface area (Å²) in [5.74, 6) is -0.327. The SMILES string of the molecule is Cc1cc(-c2ccc(F)cc2)c(C(O)O)c(C)n1. The van der Waals surface area contributed by atoms with Crippen LogP contribution < -0.4 is 0 Å². The number of halogens is 1. The van der Waals surface area contributed by atoms with Gasteiger partial charge in [0.05, 0.1) is 0 Å². The standard InChI is InChI=1S/C14H14FNO2/c1-8-7-12(10-3-5-11(15)6-4-10)13(14(17)18)9(2)16-8/h3-7,14,17-18H,1-2H3. The van der Waals surface area contributed by atoms with E-state index in [1.54, 1.807) is 25.1 Å². The summed E-state index contributed by atoms with van der Waals surface area (Å²) in [6.07, 6.45) is -1.60. The van der Waals surface area contributed by atoms with Crippen LogP contribution in [0.1, 0.15) is 23.2 Å². The molecule has 2 rings (SSSR count). The molecule has 0 aliphatic rings. The maximum Gasteiger partial charge on any atom is 0.180 e. The number of nitrogens with zero attached hydrogens (tertiary/aromatic N) is 1. The number of hydrogen-bond acceptors (Lipinski definition) is 3. The minimum atomic E-state index is -1.60. The monoisotopic (exact) mass is 247 g/mol. The van der Waals surface area contributed by atoms with Crippen LogP contribution in [0.2, 0.25) is 0 Å². The number of hydrogen-bond donors (Lipinski definition) is 2. The first-order chi connectivity index (χ1) is 8.49. The number of aliphatic hydroxyl groups is 2. The highest BCUT2D eigenvalue weighted by Gasteiger charge is 2.15. The van der Waals surface area contributed by atoms with Crippen molar-refractivity contribution in [2.75, 3.05) is 0 Å². The van der Waals surface area contributed by atoms with Gasteiger partial charge >= 0.3 is 0 Å². The smallest absolute Gasteiger partial charge is 0.180 e. The molecule has 0 spiro atoms. The predicted octanol–water partition coefficient (Wildman–Crippen LogP) is 2.49. The van der Waals surface area contributed by atoms with Gasteiger partial charge < -0.3 is 10.2 Å². The Morgan fingerprint density at radius 1 is 1.11 bits per heavy atom. The van der Waals surface area contributed by atoms with Crippen LogP contribution in [0.4, 0.5) is 4.39 Å². The molecule has 0 saturated carbocycles. The molecule has 4 heteroatoms. The normalized spacial score (nSPS) is 11.0. The van der Waals surface area contributed by atoms with E-state index in [9.17, 15) is 14.6 Å². The van der Waals surface area contributed by atoms with Gasteiger partial charge in [0.1, 0.15) is 5.82 Å². The number of aliphatic hydroxyl groups excluding tert-OH is 1. The molecule has 18 heavy (non-hydrogen) atoms. The largest absolute Gasteiger partial charge is 0.364 e. The fourth-order valence-electron chi connectivity index (χ4n) is 2.03. The third-order valence-electron chi connectivity index (χ3n) is 2.79. The molecule has 0 aliphatic carbocycles. The molecule has 0 fully saturated rings. The van der Waals surface area contributed by atoms with Gasteiger partial charge in [-0.05, 0) is 43.2 Å². The molecule has 0 aliphatic heterocycles. The van der Waals surface area contributed by atoms with Crippen molar-refractivity contribution in [2.24, 2.45) is 0 Å². The molecule has 1 heterocycles. The van der Waals surface area contributed by atoms with E-state index in [0.717, 1.165) is 11.3 Å². The molecular weight excluding hydrogens is 233 g/mol. The molecule has 0 atom stereocenters. The lowest BCUT2D eigenvalue weighted by atomic mass is 9.98. The third kappa shape index (κ3) is 2.39. The predicted molar refractivity (Wildman–Crippen MR) is 66.3 cm³/mol. The maximum atomic E-state index is 12.9. The summed E-state index contributed by atoms with van der Waals surface area (Å²) in [5.41, 5.74) is 3.08. The van der Waals surface area contributed by atoms with Gasteiger partial charge in [0.25, 0.3) is 0 Å². The molecule has 2 N–H and O–H groups in total. The first kappa shape index (κ1) is 12.7. The summed E-state index contributed by atoms with van der Waals surface area (Å²) in [7, 11) is 0. The molecule has 0 bridgehead atoms. The highest BCUT2D eigenvalue weighted by molar-refractivity contribution is 5.68. The molecule has 0 amide bonds. The van der Waals surface area contributed by atoms with E-state index in [-0.39, 0.29) is 5.82 Å². The molecule has 0 radical (unpaired) electrons. The van der Waals surface area contributed by atoms with E-state index in [0.29, 0.717) is 16.8 Å². The summed E-state index contributed by atoms with van der Waals surface area (Å²) < 4.78 is 12.9. The van der Waals surface area contributed by atoms with Gasteiger partial charge in [-0.1, -0.05) is 12.1 Å². The zero-order valence-corrected chi connectivity index (χ0v) is 10.2. The molecule has 0 unspecified atom stereocenters. The highest BCUT2D eigenvalue weighted by Crippen LogP contribution is 2.30. The minimum Gasteiger partial charge on any atom is -0.364 e. The number of aryl methyl sites for hydroxylation is 2. The zero-order valence-electron chi connectivity index (χ0n) is 10.2. The molecule has 1 aromatic heterocycles. The van der Waals surface area contributed by atoms with Crippen molar-refractivity contribution in [1.29, 1.82) is 0 Å². The Morgan fingerprint density at radius 3 is 2.28 bits per heavy atom. The van der Waals surface area contributed by atoms with Crippen LogP contribution in [0, 0.1) is 19.7 Å². The lowest BCUT2D eigenvalue weighted by molar-refractivity contribution is -0.0427. The zero-order chi connectivity index (χ0) is 13.3. The van der Waals surface area contributed by atoms with Gasteiger partial charge in [0.2, 0.25) is 0 Å². The lowest BCUT2D eigenvalue weighted by Crippen LogP contribution is -2.04. The average molecular weight is 247 g/mol. The Hall–Kier alpha value is -1.78. The van der Waals surface area contributed by atoms with Crippen molar-refractivity contribution in [3.05, 3.63) is 53.1 Å². The third-order valence-corrected chi connectivity index (χ3v) is 2.79. The van der Waals surface area contributed by atoms with E-state index in [4.69, 9.17) is 0 Å². The fourth-order valence-corrected chi connectivity index (χ4v) is 2.03. The summed E-state index contributed by atoms with van der Waals surface area (Å²) in [6.45, 7) is 3.54. The number of aromatic nitrogens is 1. The topological polar surface area (TPSA) is 53.4 Å². The van der Waals surface area contributed by atoms with Crippen molar-refractivity contribution >= 4 is 0 Å². The Labute approximate surface area is 105 Å². The van der Waals surface area contributed by atoms with Gasteiger partial charge in [-0.15, -0.1) is 0 Å². The van der Waals surface area contributed by atoms with Crippen molar-refractivity contribution in [2.45, 2.75) is 20.1 Å². The molecule has 0 saturated heterocycles. The van der Waals surface area contributed by atoms with Gasteiger partial charge in [-0.3, -0.25) is 4.98 Å². The van der Waals surface area contributed by atoms with Gasteiger partial charge in [0, 0.05) is 17.0 Å². The van der Waals surface area contributed by atoms with Crippen molar-refractivity contribution in [1.82, 2.24) is 4.98 Å². The first-order valence-corrected chi connectivity index (χ1v) is 5.59. The fraction of sp³-hybridized carbons (Fsp3) is 0.214. The molecular formula is C14H14FNO2. The first-order valence-electron chi connectivity index (χ1n) is 5.59. The number of benzene rings is 1. The van der Waals surface area contributed by atoms with Crippen LogP contribution >= 0.6 is 0 Å². The van der Waals surface area contributed by atoms with E-state index in [1.807, 2.05) is 6.92 Å². The summed E-state index contributed by atoms with van der Waals surface area (Å²) in [4.78, 5) is 4.20. The van der Waals surface area contributed by atoms with Crippen molar-refractivity contribution in [3.8, 4) is 11.1 Å². The van der Waals surface area contributed by atoms with Crippen LogP contribution in [0.15, 0.2) is 30.3 Å². The van der Waals surface area contributed by atoms with Gasteiger partial charge in [-0.25, -0.2) is 4.39 Å². The highest BCUT2D eigenvalue weighted by atomic mass is 19.1. The van der Waals surface area contributed by atoms with E-state index in [1.165, 1.54) is 12.1 Å². The van der Waals surface area contributed by atoms with Crippen LogP contribution in [0.5, 0.6) is 0 Å². The second-order valence-electron chi connectivity index (χ2n) is 4.19. The van der Waals surface area contributed by atoms with Gasteiger partial charge in [0.15, 0.2) is 6.29 Å². The Morgan fingerprint density at radius 2 is 1.72 bits per heavy atom. The molecule has 3 nitrogen and oxygen atoms in total. The second kappa shape index (κ2) is 4.84. The number of rotatable bonds is 2. The Balaban J connectivity index is 2.65. The minimum absolute atomic E-state index is 0.327. The van der Waals surface area contributed by atoms with E-state index >= 15 is 0 Å². The average Bonchev–Trinajstić information content (AvgIpc) is 2.28. The van der Waals surface area contributed by atoms with E-state index in [2.05, 4.69) is 4.98 Å². The van der Waals surface area contributed by atoms with Crippen LogP contribution in [-0.2, 0) is 0 Å². The van der Waals surface area contributed by atoms with Crippen LogP contribution in [-0.4, -0.2) is 15.2 Å². The van der Waals surface area contributed by atoms with Crippen LogP contribution in [0.3, 0.4) is 0 Å². The number of pyridine rings is 1. The molecule has 1 aromatic carbocycles. The summed E-state index contributed by atoms with van der Waals surface area (Å²) >= 11 is 0. The summed E-state index contributed by atoms with van der Waals surface area (Å²) in [5, 5.41) is 18.9. The van der Waals surface area contributed by atoms with E-state index < -0.39 is 6.29 Å². The van der Waals surface area contributed by atoms with Gasteiger partial charge in [-0.2, -0.15) is 0 Å². The second-order valence-corrected chi connectivity index (χ2v) is 4.19. The van der Waals surface area contributed by atoms with Crippen LogP contribution in [0.25, 0.3) is 11.1 Å². The molecule has 2 aromatic rings. The Bertz CT molecular complexity index is 565. The quantitative estimate of drug-likeness (QED) is 0.802. The maximum absolute atomic E-state index is 12.9. The lowest BCUT2D eigenvalue weighted by Gasteiger charge is -2.15.